The minimum absolute atomic E-state index is 0.223. The summed E-state index contributed by atoms with van der Waals surface area (Å²) in [5, 5.41) is 10.8. The predicted octanol–water partition coefficient (Wildman–Crippen LogP) is 4.21. The van der Waals surface area contributed by atoms with Crippen molar-refractivity contribution in [3.63, 3.8) is 0 Å². The number of hydrogen-bond donors (Lipinski definition) is 1. The first kappa shape index (κ1) is 14.3. The lowest BCUT2D eigenvalue weighted by atomic mass is 9.93. The molecule has 0 spiro atoms. The molecule has 0 bridgehead atoms. The van der Waals surface area contributed by atoms with Crippen LogP contribution in [0.1, 0.15) is 44.8 Å². The molecule has 1 N–H and O–H groups in total. The molecule has 0 saturated carbocycles. The van der Waals surface area contributed by atoms with Gasteiger partial charge < -0.3 is 9.84 Å². The summed E-state index contributed by atoms with van der Waals surface area (Å²) in [6, 6.07) is 5.41. The number of benzene rings is 1. The lowest BCUT2D eigenvalue weighted by Gasteiger charge is -2.20. The molecule has 0 amide bonds. The van der Waals surface area contributed by atoms with Crippen molar-refractivity contribution in [2.45, 2.75) is 39.2 Å². The van der Waals surface area contributed by atoms with Crippen molar-refractivity contribution in [1.29, 1.82) is 0 Å². The highest BCUT2D eigenvalue weighted by atomic mass is 35.5. The number of ether oxygens (including phenoxy) is 1. The molecular formula is C14H21ClO2. The fourth-order valence-corrected chi connectivity index (χ4v) is 2.15. The van der Waals surface area contributed by atoms with Gasteiger partial charge in [-0.1, -0.05) is 44.4 Å². The Labute approximate surface area is 109 Å². The largest absolute Gasteiger partial charge is 0.497 e. The molecule has 3 heteroatoms. The second kappa shape index (κ2) is 6.87. The molecule has 2 unspecified atom stereocenters. The monoisotopic (exact) mass is 256 g/mol. The second-order valence-electron chi connectivity index (χ2n) is 4.45. The first-order chi connectivity index (χ1) is 8.10. The topological polar surface area (TPSA) is 29.5 Å². The van der Waals surface area contributed by atoms with Crippen LogP contribution in [0.5, 0.6) is 5.75 Å². The summed E-state index contributed by atoms with van der Waals surface area (Å²) < 4.78 is 5.09. The van der Waals surface area contributed by atoms with Gasteiger partial charge in [0.15, 0.2) is 0 Å². The molecule has 0 aromatic heterocycles. The average Bonchev–Trinajstić information content (AvgIpc) is 2.34. The van der Waals surface area contributed by atoms with Crippen LogP contribution in [0, 0.1) is 5.92 Å². The van der Waals surface area contributed by atoms with E-state index >= 15 is 0 Å². The quantitative estimate of drug-likeness (QED) is 0.826. The summed E-state index contributed by atoms with van der Waals surface area (Å²) >= 11 is 6.14. The van der Waals surface area contributed by atoms with E-state index in [-0.39, 0.29) is 5.92 Å². The molecule has 0 saturated heterocycles. The van der Waals surface area contributed by atoms with Crippen LogP contribution < -0.4 is 4.74 Å². The normalized spacial score (nSPS) is 14.4. The van der Waals surface area contributed by atoms with E-state index in [0.717, 1.165) is 24.8 Å². The van der Waals surface area contributed by atoms with Crippen molar-refractivity contribution in [1.82, 2.24) is 0 Å². The van der Waals surface area contributed by atoms with Gasteiger partial charge in [0.1, 0.15) is 5.75 Å². The molecule has 0 radical (unpaired) electrons. The van der Waals surface area contributed by atoms with Gasteiger partial charge in [-0.2, -0.15) is 0 Å². The van der Waals surface area contributed by atoms with E-state index in [9.17, 15) is 5.11 Å². The van der Waals surface area contributed by atoms with Crippen molar-refractivity contribution in [2.24, 2.45) is 5.92 Å². The number of aliphatic hydroxyl groups excluding tert-OH is 1. The summed E-state index contributed by atoms with van der Waals surface area (Å²) in [4.78, 5) is 0. The Kier molecular flexibility index (Phi) is 5.79. The zero-order chi connectivity index (χ0) is 12.8. The number of halogens is 1. The summed E-state index contributed by atoms with van der Waals surface area (Å²) in [5.41, 5.74) is 0.788. The van der Waals surface area contributed by atoms with Crippen LogP contribution in [0.15, 0.2) is 18.2 Å². The van der Waals surface area contributed by atoms with Crippen molar-refractivity contribution >= 4 is 11.6 Å². The van der Waals surface area contributed by atoms with E-state index in [0.29, 0.717) is 10.8 Å². The minimum Gasteiger partial charge on any atom is -0.497 e. The first-order valence-corrected chi connectivity index (χ1v) is 6.49. The first-order valence-electron chi connectivity index (χ1n) is 6.11. The van der Waals surface area contributed by atoms with Gasteiger partial charge in [0, 0.05) is 0 Å². The number of methoxy groups -OCH3 is 1. The van der Waals surface area contributed by atoms with Gasteiger partial charge >= 0.3 is 0 Å². The van der Waals surface area contributed by atoms with Crippen LogP contribution in [0.4, 0.5) is 0 Å². The van der Waals surface area contributed by atoms with Gasteiger partial charge in [-0.15, -0.1) is 0 Å². The molecule has 1 aromatic carbocycles. The van der Waals surface area contributed by atoms with Crippen LogP contribution in [0.3, 0.4) is 0 Å². The summed E-state index contributed by atoms with van der Waals surface area (Å²) in [6.45, 7) is 4.21. The Morgan fingerprint density at radius 3 is 2.65 bits per heavy atom. The maximum absolute atomic E-state index is 10.2. The van der Waals surface area contributed by atoms with Crippen molar-refractivity contribution < 1.29 is 9.84 Å². The molecule has 96 valence electrons. The highest BCUT2D eigenvalue weighted by Crippen LogP contribution is 2.32. The van der Waals surface area contributed by atoms with E-state index in [4.69, 9.17) is 16.3 Å². The van der Waals surface area contributed by atoms with Crippen LogP contribution in [0.25, 0.3) is 0 Å². The Hall–Kier alpha value is -0.730. The van der Waals surface area contributed by atoms with E-state index in [1.54, 1.807) is 13.2 Å². The van der Waals surface area contributed by atoms with Crippen molar-refractivity contribution in [3.8, 4) is 5.75 Å². The van der Waals surface area contributed by atoms with E-state index in [1.165, 1.54) is 0 Å². The number of rotatable bonds is 6. The van der Waals surface area contributed by atoms with Gasteiger partial charge in [0.25, 0.3) is 0 Å². The van der Waals surface area contributed by atoms with Gasteiger partial charge in [-0.3, -0.25) is 0 Å². The number of unbranched alkanes of at least 4 members (excludes halogenated alkanes) is 1. The molecule has 0 aliphatic heterocycles. The third kappa shape index (κ3) is 3.90. The third-order valence-corrected chi connectivity index (χ3v) is 3.41. The summed E-state index contributed by atoms with van der Waals surface area (Å²) in [6.07, 6.45) is 2.79. The molecular weight excluding hydrogens is 236 g/mol. The van der Waals surface area contributed by atoms with Crippen LogP contribution in [0.2, 0.25) is 5.02 Å². The number of hydrogen-bond acceptors (Lipinski definition) is 2. The molecule has 1 rings (SSSR count). The maximum Gasteiger partial charge on any atom is 0.120 e. The molecule has 2 atom stereocenters. The minimum atomic E-state index is -0.500. The molecule has 0 aliphatic carbocycles. The van der Waals surface area contributed by atoms with Gasteiger partial charge in [0.05, 0.1) is 18.2 Å². The molecule has 0 fully saturated rings. The molecule has 0 aliphatic rings. The van der Waals surface area contributed by atoms with Gasteiger partial charge in [0.2, 0.25) is 0 Å². The van der Waals surface area contributed by atoms with E-state index in [1.807, 2.05) is 12.1 Å². The highest BCUT2D eigenvalue weighted by molar-refractivity contribution is 6.31. The highest BCUT2D eigenvalue weighted by Gasteiger charge is 2.18. The smallest absolute Gasteiger partial charge is 0.120 e. The number of aliphatic hydroxyl groups is 1. The van der Waals surface area contributed by atoms with Crippen molar-refractivity contribution in [2.75, 3.05) is 7.11 Å². The summed E-state index contributed by atoms with van der Waals surface area (Å²) in [5.74, 6) is 0.938. The maximum atomic E-state index is 10.2. The predicted molar refractivity (Wildman–Crippen MR) is 71.7 cm³/mol. The Balaban J connectivity index is 2.77. The van der Waals surface area contributed by atoms with Crippen LogP contribution in [-0.2, 0) is 0 Å². The fourth-order valence-electron chi connectivity index (χ4n) is 1.87. The SMILES string of the molecule is CCCCC(C)C(O)c1ccc(OC)cc1Cl. The van der Waals surface area contributed by atoms with Crippen LogP contribution in [-0.4, -0.2) is 12.2 Å². The van der Waals surface area contributed by atoms with Gasteiger partial charge in [-0.25, -0.2) is 0 Å². The average molecular weight is 257 g/mol. The van der Waals surface area contributed by atoms with E-state index < -0.39 is 6.10 Å². The van der Waals surface area contributed by atoms with Gasteiger partial charge in [-0.05, 0) is 30.0 Å². The Morgan fingerprint density at radius 2 is 2.12 bits per heavy atom. The second-order valence-corrected chi connectivity index (χ2v) is 4.86. The zero-order valence-corrected chi connectivity index (χ0v) is 11.5. The summed E-state index contributed by atoms with van der Waals surface area (Å²) in [7, 11) is 1.60. The molecule has 0 heterocycles. The van der Waals surface area contributed by atoms with Crippen LogP contribution >= 0.6 is 11.6 Å². The standard InChI is InChI=1S/C14H21ClO2/c1-4-5-6-10(2)14(16)12-8-7-11(17-3)9-13(12)15/h7-10,14,16H,4-6H2,1-3H3. The lowest BCUT2D eigenvalue weighted by Crippen LogP contribution is -2.09. The lowest BCUT2D eigenvalue weighted by molar-refractivity contribution is 0.111. The Morgan fingerprint density at radius 1 is 1.41 bits per heavy atom. The molecule has 2 nitrogen and oxygen atoms in total. The fraction of sp³-hybridized carbons (Fsp3) is 0.571. The third-order valence-electron chi connectivity index (χ3n) is 3.08. The van der Waals surface area contributed by atoms with Crippen molar-refractivity contribution in [3.05, 3.63) is 28.8 Å². The van der Waals surface area contributed by atoms with E-state index in [2.05, 4.69) is 13.8 Å². The zero-order valence-electron chi connectivity index (χ0n) is 10.7. The molecule has 1 aromatic rings. The molecule has 17 heavy (non-hydrogen) atoms. The Bertz CT molecular complexity index is 352.